The van der Waals surface area contributed by atoms with Gasteiger partial charge in [0.05, 0.1) is 26.5 Å². The summed E-state index contributed by atoms with van der Waals surface area (Å²) in [5.41, 5.74) is 6.24. The van der Waals surface area contributed by atoms with Gasteiger partial charge in [0.1, 0.15) is 6.04 Å². The van der Waals surface area contributed by atoms with E-state index in [1.165, 1.54) is 19.2 Å². The fourth-order valence-electron chi connectivity index (χ4n) is 2.40. The van der Waals surface area contributed by atoms with Crippen LogP contribution in [0.5, 0.6) is 0 Å². The molecule has 2 amide bonds. The lowest BCUT2D eigenvalue weighted by Gasteiger charge is -2.17. The van der Waals surface area contributed by atoms with Gasteiger partial charge in [-0.3, -0.25) is 18.9 Å². The maximum Gasteiger partial charge on any atom is 0.335 e. The molecule has 0 aliphatic rings. The summed E-state index contributed by atoms with van der Waals surface area (Å²) in [5, 5.41) is 2.50. The number of carbonyl (C=O) groups is 3. The van der Waals surface area contributed by atoms with Gasteiger partial charge in [-0.05, 0) is 38.0 Å². The van der Waals surface area contributed by atoms with Crippen LogP contribution in [-0.4, -0.2) is 44.1 Å². The zero-order chi connectivity index (χ0) is 21.2. The van der Waals surface area contributed by atoms with E-state index in [0.717, 1.165) is 0 Å². The molecule has 1 atom stereocenters. The largest absolute Gasteiger partial charge is 0.469 e. The van der Waals surface area contributed by atoms with Crippen molar-refractivity contribution >= 4 is 25.4 Å². The standard InChI is InChI=1S/C18H27N2O7P/c1-4-26-28(24,27-5-2)12-13-6-8-14(9-7-13)18(23)20-15(17(19)22)10-11-16(21)25-3/h6-9,15H,4-5,10-12H2,1-3H3,(H2,19,22)(H,20,23)/t15-/m0/s1. The number of ether oxygens (including phenoxy) is 1. The van der Waals surface area contributed by atoms with Crippen LogP contribution in [0.25, 0.3) is 0 Å². The Bertz CT molecular complexity index is 711. The maximum atomic E-state index is 12.6. The predicted molar refractivity (Wildman–Crippen MR) is 103 cm³/mol. The van der Waals surface area contributed by atoms with Gasteiger partial charge >= 0.3 is 13.6 Å². The van der Waals surface area contributed by atoms with Gasteiger partial charge in [0, 0.05) is 12.0 Å². The van der Waals surface area contributed by atoms with Gasteiger partial charge < -0.3 is 24.8 Å². The molecule has 9 nitrogen and oxygen atoms in total. The van der Waals surface area contributed by atoms with Crippen LogP contribution in [0.15, 0.2) is 24.3 Å². The first-order chi connectivity index (χ1) is 13.2. The molecule has 10 heteroatoms. The first-order valence-electron chi connectivity index (χ1n) is 8.88. The summed E-state index contributed by atoms with van der Waals surface area (Å²) < 4.78 is 27.6. The number of benzene rings is 1. The number of methoxy groups -OCH3 is 1. The average molecular weight is 414 g/mol. The third-order valence-electron chi connectivity index (χ3n) is 3.76. The fraction of sp³-hybridized carbons (Fsp3) is 0.500. The van der Waals surface area contributed by atoms with Crippen LogP contribution >= 0.6 is 7.60 Å². The Balaban J connectivity index is 2.77. The van der Waals surface area contributed by atoms with Gasteiger partial charge in [-0.15, -0.1) is 0 Å². The number of nitrogens with two attached hydrogens (primary N) is 1. The number of esters is 1. The molecule has 0 bridgehead atoms. The zero-order valence-corrected chi connectivity index (χ0v) is 17.2. The molecule has 0 heterocycles. The summed E-state index contributed by atoms with van der Waals surface area (Å²) in [7, 11) is -2.01. The van der Waals surface area contributed by atoms with Crippen LogP contribution in [0.2, 0.25) is 0 Å². The van der Waals surface area contributed by atoms with Gasteiger partial charge in [0.15, 0.2) is 0 Å². The molecule has 156 valence electrons. The highest BCUT2D eigenvalue weighted by Gasteiger charge is 2.24. The Morgan fingerprint density at radius 3 is 2.14 bits per heavy atom. The molecule has 0 fully saturated rings. The summed E-state index contributed by atoms with van der Waals surface area (Å²) in [4.78, 5) is 35.0. The molecule has 1 aromatic rings. The van der Waals surface area contributed by atoms with Crippen LogP contribution < -0.4 is 11.1 Å². The third kappa shape index (κ3) is 7.80. The Hall–Kier alpha value is -2.22. The van der Waals surface area contributed by atoms with Crippen LogP contribution in [0.1, 0.15) is 42.6 Å². The lowest BCUT2D eigenvalue weighted by atomic mass is 10.1. The van der Waals surface area contributed by atoms with E-state index in [9.17, 15) is 18.9 Å². The maximum absolute atomic E-state index is 12.6. The van der Waals surface area contributed by atoms with Crippen molar-refractivity contribution in [2.45, 2.75) is 38.9 Å². The molecule has 0 aliphatic heterocycles. The SMILES string of the molecule is CCOP(=O)(Cc1ccc(C(=O)N[C@@H](CCC(=O)OC)C(N)=O)cc1)OCC. The van der Waals surface area contributed by atoms with E-state index in [-0.39, 0.29) is 37.8 Å². The van der Waals surface area contributed by atoms with Gasteiger partial charge in [0.25, 0.3) is 5.91 Å². The summed E-state index contributed by atoms with van der Waals surface area (Å²) in [6, 6.07) is 5.33. The second kappa shape index (κ2) is 11.6. The molecule has 28 heavy (non-hydrogen) atoms. The van der Waals surface area contributed by atoms with Crippen molar-refractivity contribution in [2.75, 3.05) is 20.3 Å². The molecule has 0 aliphatic carbocycles. The summed E-state index contributed by atoms with van der Waals surface area (Å²) in [6.45, 7) is 3.98. The molecule has 3 N–H and O–H groups in total. The summed E-state index contributed by atoms with van der Waals surface area (Å²) >= 11 is 0. The van der Waals surface area contributed by atoms with Crippen molar-refractivity contribution in [2.24, 2.45) is 5.73 Å². The zero-order valence-electron chi connectivity index (χ0n) is 16.3. The first kappa shape index (κ1) is 23.8. The Morgan fingerprint density at radius 1 is 1.11 bits per heavy atom. The second-order valence-electron chi connectivity index (χ2n) is 5.84. The molecule has 0 radical (unpaired) electrons. The molecule has 0 saturated carbocycles. The molecule has 1 rings (SSSR count). The van der Waals surface area contributed by atoms with E-state index in [1.807, 2.05) is 0 Å². The highest BCUT2D eigenvalue weighted by Crippen LogP contribution is 2.51. The summed E-state index contributed by atoms with van der Waals surface area (Å²) in [6.07, 6.45) is 0.0742. The van der Waals surface area contributed by atoms with Gasteiger partial charge in [-0.25, -0.2) is 0 Å². The lowest BCUT2D eigenvalue weighted by Crippen LogP contribution is -2.44. The van der Waals surface area contributed by atoms with Crippen molar-refractivity contribution in [1.29, 1.82) is 0 Å². The smallest absolute Gasteiger partial charge is 0.335 e. The van der Waals surface area contributed by atoms with Crippen molar-refractivity contribution in [1.82, 2.24) is 5.32 Å². The Labute approximate surface area is 164 Å². The summed E-state index contributed by atoms with van der Waals surface area (Å²) in [5.74, 6) is -1.76. The van der Waals surface area contributed by atoms with E-state index in [1.54, 1.807) is 26.0 Å². The van der Waals surface area contributed by atoms with Crippen LogP contribution in [0, 0.1) is 0 Å². The Morgan fingerprint density at radius 2 is 1.68 bits per heavy atom. The minimum Gasteiger partial charge on any atom is -0.469 e. The number of hydrogen-bond acceptors (Lipinski definition) is 7. The topological polar surface area (TPSA) is 134 Å². The molecular formula is C18H27N2O7P. The number of rotatable bonds is 12. The first-order valence-corrected chi connectivity index (χ1v) is 10.6. The van der Waals surface area contributed by atoms with Gasteiger partial charge in [-0.1, -0.05) is 12.1 Å². The fourth-order valence-corrected chi connectivity index (χ4v) is 4.10. The minimum absolute atomic E-state index is 0.0394. The van der Waals surface area contributed by atoms with E-state index in [2.05, 4.69) is 10.1 Å². The number of carbonyl (C=O) groups excluding carboxylic acids is 3. The van der Waals surface area contributed by atoms with Gasteiger partial charge in [0.2, 0.25) is 5.91 Å². The van der Waals surface area contributed by atoms with Crippen LogP contribution in [0.3, 0.4) is 0 Å². The predicted octanol–water partition coefficient (Wildman–Crippen LogP) is 1.99. The molecule has 0 saturated heterocycles. The quantitative estimate of drug-likeness (QED) is 0.394. The van der Waals surface area contributed by atoms with E-state index >= 15 is 0 Å². The molecular weight excluding hydrogens is 387 g/mol. The average Bonchev–Trinajstić information content (AvgIpc) is 2.65. The molecule has 0 spiro atoms. The van der Waals surface area contributed by atoms with Gasteiger partial charge in [-0.2, -0.15) is 0 Å². The monoisotopic (exact) mass is 414 g/mol. The third-order valence-corrected chi connectivity index (χ3v) is 5.81. The van der Waals surface area contributed by atoms with Crippen LogP contribution in [0.4, 0.5) is 0 Å². The van der Waals surface area contributed by atoms with Crippen LogP contribution in [-0.2, 0) is 34.1 Å². The van der Waals surface area contributed by atoms with Crippen molar-refractivity contribution in [3.8, 4) is 0 Å². The number of hydrogen-bond donors (Lipinski definition) is 2. The van der Waals surface area contributed by atoms with E-state index in [4.69, 9.17) is 14.8 Å². The highest BCUT2D eigenvalue weighted by atomic mass is 31.2. The number of nitrogens with one attached hydrogen (secondary N) is 1. The van der Waals surface area contributed by atoms with Crippen molar-refractivity contribution in [3.63, 3.8) is 0 Å². The minimum atomic E-state index is -3.24. The lowest BCUT2D eigenvalue weighted by molar-refractivity contribution is -0.140. The highest BCUT2D eigenvalue weighted by molar-refractivity contribution is 7.53. The van der Waals surface area contributed by atoms with Crippen molar-refractivity contribution in [3.05, 3.63) is 35.4 Å². The molecule has 0 aromatic heterocycles. The molecule has 1 aromatic carbocycles. The van der Waals surface area contributed by atoms with E-state index < -0.39 is 31.4 Å². The second-order valence-corrected chi connectivity index (χ2v) is 7.90. The number of amides is 2. The number of primary amides is 1. The van der Waals surface area contributed by atoms with Crippen molar-refractivity contribution < 1.29 is 32.7 Å². The van der Waals surface area contributed by atoms with E-state index in [0.29, 0.717) is 5.56 Å². The normalized spacial score (nSPS) is 12.2. The Kier molecular flexibility index (Phi) is 9.85. The molecule has 0 unspecified atom stereocenters.